The average Bonchev–Trinajstić information content (AvgIpc) is 2.85. The number of para-hydroxylation sites is 1. The molecule has 0 bridgehead atoms. The minimum Gasteiger partial charge on any atom is -0.379 e. The highest BCUT2D eigenvalue weighted by atomic mass is 32.2. The van der Waals surface area contributed by atoms with Crippen LogP contribution in [-0.2, 0) is 11.8 Å². The van der Waals surface area contributed by atoms with Crippen molar-refractivity contribution in [3.8, 4) is 0 Å². The number of thioether (sulfide) groups is 1. The predicted molar refractivity (Wildman–Crippen MR) is 88.7 cm³/mol. The van der Waals surface area contributed by atoms with E-state index in [1.807, 2.05) is 23.9 Å². The first-order chi connectivity index (χ1) is 10.8. The van der Waals surface area contributed by atoms with Crippen LogP contribution in [0.3, 0.4) is 0 Å². The standard InChI is InChI=1S/C17H20N2O2S/c1-18-14-5-3-2-4-13(14)15-16(20)12(11-22-17(15)18)10-19-6-8-21-9-7-19/h2-5,12H,6-11H2,1H3. The van der Waals surface area contributed by atoms with Crippen LogP contribution in [0.4, 0.5) is 0 Å². The lowest BCUT2D eigenvalue weighted by Gasteiger charge is -2.31. The molecule has 0 N–H and O–H groups in total. The Balaban J connectivity index is 1.66. The highest BCUT2D eigenvalue weighted by molar-refractivity contribution is 7.99. The Kier molecular flexibility index (Phi) is 3.72. The monoisotopic (exact) mass is 316 g/mol. The number of nitrogens with zero attached hydrogens (tertiary/aromatic N) is 2. The average molecular weight is 316 g/mol. The fourth-order valence-electron chi connectivity index (χ4n) is 3.47. The second kappa shape index (κ2) is 5.72. The quantitative estimate of drug-likeness (QED) is 0.852. The maximum Gasteiger partial charge on any atom is 0.171 e. The van der Waals surface area contributed by atoms with E-state index in [0.29, 0.717) is 5.78 Å². The zero-order valence-corrected chi connectivity index (χ0v) is 13.6. The number of hydrogen-bond donors (Lipinski definition) is 0. The summed E-state index contributed by atoms with van der Waals surface area (Å²) < 4.78 is 7.56. The second-order valence-corrected chi connectivity index (χ2v) is 7.05. The van der Waals surface area contributed by atoms with Gasteiger partial charge >= 0.3 is 0 Å². The number of benzene rings is 1. The molecule has 5 heteroatoms. The van der Waals surface area contributed by atoms with Gasteiger partial charge in [-0.25, -0.2) is 0 Å². The molecule has 1 saturated heterocycles. The molecule has 2 aliphatic rings. The van der Waals surface area contributed by atoms with E-state index in [2.05, 4.69) is 28.6 Å². The van der Waals surface area contributed by atoms with Gasteiger partial charge in [0.15, 0.2) is 5.78 Å². The topological polar surface area (TPSA) is 34.5 Å². The van der Waals surface area contributed by atoms with E-state index in [1.165, 1.54) is 0 Å². The smallest absolute Gasteiger partial charge is 0.171 e. The summed E-state index contributed by atoms with van der Waals surface area (Å²) in [4.78, 5) is 15.4. The van der Waals surface area contributed by atoms with Gasteiger partial charge in [0.2, 0.25) is 0 Å². The Bertz CT molecular complexity index is 719. The minimum atomic E-state index is 0.0985. The van der Waals surface area contributed by atoms with Crippen molar-refractivity contribution in [1.29, 1.82) is 0 Å². The molecular weight excluding hydrogens is 296 g/mol. The van der Waals surface area contributed by atoms with Crippen molar-refractivity contribution in [2.45, 2.75) is 5.03 Å². The number of ether oxygens (including phenoxy) is 1. The lowest BCUT2D eigenvalue weighted by atomic mass is 9.97. The molecule has 1 aromatic carbocycles. The Labute approximate surface area is 134 Å². The minimum absolute atomic E-state index is 0.0985. The molecule has 1 unspecified atom stereocenters. The maximum atomic E-state index is 13.0. The van der Waals surface area contributed by atoms with Gasteiger partial charge in [0.25, 0.3) is 0 Å². The van der Waals surface area contributed by atoms with Crippen molar-refractivity contribution in [1.82, 2.24) is 9.47 Å². The summed E-state index contributed by atoms with van der Waals surface area (Å²) in [6, 6.07) is 8.22. The highest BCUT2D eigenvalue weighted by Crippen LogP contribution is 2.39. The van der Waals surface area contributed by atoms with E-state index in [0.717, 1.165) is 60.1 Å². The van der Waals surface area contributed by atoms with Crippen molar-refractivity contribution in [2.24, 2.45) is 13.0 Å². The van der Waals surface area contributed by atoms with Gasteiger partial charge in [-0.15, -0.1) is 11.8 Å². The van der Waals surface area contributed by atoms with Gasteiger partial charge in [0.1, 0.15) is 0 Å². The number of Topliss-reactive ketones (excluding diaryl/α,β-unsaturated/α-hetero) is 1. The van der Waals surface area contributed by atoms with Gasteiger partial charge in [-0.3, -0.25) is 9.69 Å². The first-order valence-corrected chi connectivity index (χ1v) is 8.79. The summed E-state index contributed by atoms with van der Waals surface area (Å²) in [7, 11) is 2.06. The Morgan fingerprint density at radius 1 is 1.27 bits per heavy atom. The molecule has 1 atom stereocenters. The third kappa shape index (κ3) is 2.28. The second-order valence-electron chi connectivity index (χ2n) is 6.04. The molecule has 3 heterocycles. The van der Waals surface area contributed by atoms with Crippen LogP contribution in [0.25, 0.3) is 10.9 Å². The van der Waals surface area contributed by atoms with Gasteiger partial charge in [-0.1, -0.05) is 18.2 Å². The van der Waals surface area contributed by atoms with Crippen LogP contribution in [0.5, 0.6) is 0 Å². The van der Waals surface area contributed by atoms with Crippen LogP contribution in [0.2, 0.25) is 0 Å². The third-order valence-corrected chi connectivity index (χ3v) is 5.99. The van der Waals surface area contributed by atoms with E-state index in [9.17, 15) is 4.79 Å². The van der Waals surface area contributed by atoms with E-state index in [4.69, 9.17) is 4.74 Å². The van der Waals surface area contributed by atoms with Crippen LogP contribution >= 0.6 is 11.8 Å². The number of aromatic nitrogens is 1. The van der Waals surface area contributed by atoms with Crippen LogP contribution < -0.4 is 0 Å². The SMILES string of the molecule is Cn1c2c(c3ccccc31)C(=O)C(CN1CCOCC1)CS2. The normalized spacial score (nSPS) is 23.0. The molecule has 1 fully saturated rings. The fourth-order valence-corrected chi connectivity index (χ4v) is 4.73. The number of ketones is 1. The molecule has 116 valence electrons. The largest absolute Gasteiger partial charge is 0.379 e. The zero-order chi connectivity index (χ0) is 15.1. The van der Waals surface area contributed by atoms with Crippen molar-refractivity contribution in [2.75, 3.05) is 38.6 Å². The van der Waals surface area contributed by atoms with Crippen LogP contribution in [-0.4, -0.2) is 53.9 Å². The van der Waals surface area contributed by atoms with E-state index >= 15 is 0 Å². The molecule has 2 aromatic rings. The van der Waals surface area contributed by atoms with Gasteiger partial charge in [0, 0.05) is 49.3 Å². The summed E-state index contributed by atoms with van der Waals surface area (Å²) in [5, 5.41) is 2.23. The van der Waals surface area contributed by atoms with Crippen LogP contribution in [0.1, 0.15) is 10.4 Å². The number of rotatable bonds is 2. The molecule has 1 aromatic heterocycles. The van der Waals surface area contributed by atoms with Crippen LogP contribution in [0, 0.1) is 5.92 Å². The number of aryl methyl sites for hydroxylation is 1. The summed E-state index contributed by atoms with van der Waals surface area (Å²) in [5.41, 5.74) is 2.09. The third-order valence-electron chi connectivity index (χ3n) is 4.67. The molecule has 0 amide bonds. The van der Waals surface area contributed by atoms with E-state index in [1.54, 1.807) is 0 Å². The number of carbonyl (C=O) groups excluding carboxylic acids is 1. The van der Waals surface area contributed by atoms with Gasteiger partial charge in [-0.05, 0) is 6.07 Å². The summed E-state index contributed by atoms with van der Waals surface area (Å²) in [6.45, 7) is 4.31. The number of fused-ring (bicyclic) bond motifs is 3. The Morgan fingerprint density at radius 3 is 2.86 bits per heavy atom. The molecule has 0 spiro atoms. The Morgan fingerprint density at radius 2 is 2.05 bits per heavy atom. The zero-order valence-electron chi connectivity index (χ0n) is 12.7. The predicted octanol–water partition coefficient (Wildman–Crippen LogP) is 2.42. The van der Waals surface area contributed by atoms with Gasteiger partial charge < -0.3 is 9.30 Å². The van der Waals surface area contributed by atoms with Crippen LogP contribution in [0.15, 0.2) is 29.3 Å². The number of morpholine rings is 1. The molecule has 4 nitrogen and oxygen atoms in total. The maximum absolute atomic E-state index is 13.0. The molecule has 22 heavy (non-hydrogen) atoms. The lowest BCUT2D eigenvalue weighted by molar-refractivity contribution is 0.0314. The molecule has 0 saturated carbocycles. The number of hydrogen-bond acceptors (Lipinski definition) is 4. The van der Waals surface area contributed by atoms with E-state index in [-0.39, 0.29) is 5.92 Å². The molecule has 4 rings (SSSR count). The van der Waals surface area contributed by atoms with Crippen molar-refractivity contribution in [3.63, 3.8) is 0 Å². The summed E-state index contributed by atoms with van der Waals surface area (Å²) in [6.07, 6.45) is 0. The molecular formula is C17H20N2O2S. The van der Waals surface area contributed by atoms with E-state index < -0.39 is 0 Å². The molecule has 0 aliphatic carbocycles. The first-order valence-electron chi connectivity index (χ1n) is 7.80. The number of carbonyl (C=O) groups is 1. The van der Waals surface area contributed by atoms with Crippen molar-refractivity contribution >= 4 is 28.4 Å². The molecule has 0 radical (unpaired) electrons. The van der Waals surface area contributed by atoms with Crippen molar-refractivity contribution < 1.29 is 9.53 Å². The summed E-state index contributed by atoms with van der Waals surface area (Å²) in [5.74, 6) is 1.30. The van der Waals surface area contributed by atoms with Crippen molar-refractivity contribution in [3.05, 3.63) is 29.8 Å². The highest BCUT2D eigenvalue weighted by Gasteiger charge is 2.33. The Hall–Kier alpha value is -1.30. The first kappa shape index (κ1) is 14.3. The van der Waals surface area contributed by atoms with Gasteiger partial charge in [-0.2, -0.15) is 0 Å². The summed E-state index contributed by atoms with van der Waals surface area (Å²) >= 11 is 1.83. The van der Waals surface area contributed by atoms with Gasteiger partial charge in [0.05, 0.1) is 23.8 Å². The lowest BCUT2D eigenvalue weighted by Crippen LogP contribution is -2.42. The fraction of sp³-hybridized carbons (Fsp3) is 0.471. The molecule has 2 aliphatic heterocycles.